The number of thiophene rings is 1. The smallest absolute Gasteiger partial charge is 0.126 e. The molecule has 2 aromatic rings. The maximum Gasteiger partial charge on any atom is 0.126 e. The number of rotatable bonds is 5. The third kappa shape index (κ3) is 2.98. The largest absolute Gasteiger partial charge is 0.396 e. The Morgan fingerprint density at radius 1 is 1.17 bits per heavy atom. The van der Waals surface area contributed by atoms with E-state index in [1.807, 2.05) is 6.07 Å². The molecule has 0 aliphatic rings. The van der Waals surface area contributed by atoms with Crippen molar-refractivity contribution in [1.82, 2.24) is 0 Å². The van der Waals surface area contributed by atoms with Crippen molar-refractivity contribution in [2.24, 2.45) is 0 Å². The van der Waals surface area contributed by atoms with Crippen LogP contribution in [0, 0.1) is 5.82 Å². The van der Waals surface area contributed by atoms with Gasteiger partial charge in [0.2, 0.25) is 0 Å². The monoisotopic (exact) mass is 264 g/mol. The zero-order valence-corrected chi connectivity index (χ0v) is 11.2. The van der Waals surface area contributed by atoms with Crippen LogP contribution in [-0.2, 0) is 12.8 Å². The van der Waals surface area contributed by atoms with Crippen LogP contribution in [-0.4, -0.2) is 11.7 Å². The van der Waals surface area contributed by atoms with Crippen molar-refractivity contribution in [1.29, 1.82) is 0 Å². The number of hydrogen-bond donors (Lipinski definition) is 1. The van der Waals surface area contributed by atoms with Gasteiger partial charge in [0.05, 0.1) is 6.61 Å². The lowest BCUT2D eigenvalue weighted by Gasteiger charge is -2.14. The van der Waals surface area contributed by atoms with E-state index < -0.39 is 0 Å². The number of aliphatic hydroxyl groups is 1. The van der Waals surface area contributed by atoms with Gasteiger partial charge in [0.1, 0.15) is 5.82 Å². The molecule has 1 nitrogen and oxygen atoms in total. The summed E-state index contributed by atoms with van der Waals surface area (Å²) in [4.78, 5) is 2.53. The number of aliphatic hydroxyl groups excluding tert-OH is 1. The fraction of sp³-hybridized carbons (Fsp3) is 0.333. The molecular formula is C15H17FOS. The Bertz CT molecular complexity index is 507. The highest BCUT2D eigenvalue weighted by Crippen LogP contribution is 2.27. The van der Waals surface area contributed by atoms with Crippen LogP contribution in [0.15, 0.2) is 36.4 Å². The first-order valence-corrected chi connectivity index (χ1v) is 6.99. The highest BCUT2D eigenvalue weighted by molar-refractivity contribution is 7.11. The Morgan fingerprint density at radius 3 is 2.50 bits per heavy atom. The van der Waals surface area contributed by atoms with Crippen LogP contribution in [0.25, 0.3) is 0 Å². The van der Waals surface area contributed by atoms with Gasteiger partial charge in [-0.15, -0.1) is 11.3 Å². The van der Waals surface area contributed by atoms with Crippen molar-refractivity contribution in [3.8, 4) is 0 Å². The molecule has 1 N–H and O–H groups in total. The Balaban J connectivity index is 2.17. The molecule has 0 radical (unpaired) electrons. The van der Waals surface area contributed by atoms with Crippen molar-refractivity contribution in [2.45, 2.75) is 25.7 Å². The molecule has 0 saturated heterocycles. The van der Waals surface area contributed by atoms with E-state index in [0.717, 1.165) is 6.42 Å². The molecule has 0 bridgehead atoms. The van der Waals surface area contributed by atoms with Gasteiger partial charge in [-0.2, -0.15) is 0 Å². The van der Waals surface area contributed by atoms with E-state index in [-0.39, 0.29) is 18.3 Å². The minimum atomic E-state index is -0.233. The summed E-state index contributed by atoms with van der Waals surface area (Å²) in [5, 5.41) is 9.47. The molecule has 1 aromatic heterocycles. The molecule has 0 spiro atoms. The average molecular weight is 264 g/mol. The molecule has 3 heteroatoms. The number of halogens is 1. The molecular weight excluding hydrogens is 247 g/mol. The molecule has 0 aliphatic carbocycles. The zero-order chi connectivity index (χ0) is 13.0. The summed E-state index contributed by atoms with van der Waals surface area (Å²) >= 11 is 1.74. The highest BCUT2D eigenvalue weighted by Gasteiger charge is 2.16. The van der Waals surface area contributed by atoms with Crippen LogP contribution >= 0.6 is 11.3 Å². The van der Waals surface area contributed by atoms with Gasteiger partial charge in [-0.05, 0) is 36.6 Å². The normalized spacial score (nSPS) is 12.6. The lowest BCUT2D eigenvalue weighted by atomic mass is 9.95. The Labute approximate surface area is 111 Å². The lowest BCUT2D eigenvalue weighted by Crippen LogP contribution is -2.08. The van der Waals surface area contributed by atoms with E-state index in [1.54, 1.807) is 23.5 Å². The van der Waals surface area contributed by atoms with E-state index in [1.165, 1.54) is 15.8 Å². The molecule has 1 heterocycles. The van der Waals surface area contributed by atoms with E-state index in [9.17, 15) is 9.50 Å². The van der Waals surface area contributed by atoms with Gasteiger partial charge in [-0.1, -0.05) is 25.1 Å². The van der Waals surface area contributed by atoms with Gasteiger partial charge in [0.15, 0.2) is 0 Å². The Morgan fingerprint density at radius 2 is 1.89 bits per heavy atom. The minimum Gasteiger partial charge on any atom is -0.396 e. The number of aryl methyl sites for hydroxylation is 1. The van der Waals surface area contributed by atoms with Gasteiger partial charge < -0.3 is 5.11 Å². The van der Waals surface area contributed by atoms with Crippen LogP contribution in [0.4, 0.5) is 4.39 Å². The summed E-state index contributed by atoms with van der Waals surface area (Å²) in [5.74, 6) is -0.390. The fourth-order valence-corrected chi connectivity index (χ4v) is 3.08. The van der Waals surface area contributed by atoms with Gasteiger partial charge in [-0.25, -0.2) is 4.39 Å². The molecule has 2 rings (SSSR count). The molecule has 1 unspecified atom stereocenters. The van der Waals surface area contributed by atoms with Gasteiger partial charge in [-0.3, -0.25) is 0 Å². The summed E-state index contributed by atoms with van der Waals surface area (Å²) in [6.07, 6.45) is 1.72. The van der Waals surface area contributed by atoms with E-state index in [4.69, 9.17) is 0 Å². The van der Waals surface area contributed by atoms with Gasteiger partial charge in [0.25, 0.3) is 0 Å². The summed E-state index contributed by atoms with van der Waals surface area (Å²) < 4.78 is 13.7. The first kappa shape index (κ1) is 13.2. The molecule has 18 heavy (non-hydrogen) atoms. The SMILES string of the molecule is CCc1ccc(CC(CO)c2ccccc2F)s1. The third-order valence-corrected chi connectivity index (χ3v) is 4.33. The first-order valence-electron chi connectivity index (χ1n) is 6.17. The van der Waals surface area contributed by atoms with Crippen molar-refractivity contribution < 1.29 is 9.50 Å². The van der Waals surface area contributed by atoms with Gasteiger partial charge >= 0.3 is 0 Å². The second-order valence-corrected chi connectivity index (χ2v) is 5.58. The number of benzene rings is 1. The molecule has 1 atom stereocenters. The lowest BCUT2D eigenvalue weighted by molar-refractivity contribution is 0.262. The van der Waals surface area contributed by atoms with Crippen LogP contribution < -0.4 is 0 Å². The fourth-order valence-electron chi connectivity index (χ4n) is 2.04. The molecule has 0 saturated carbocycles. The van der Waals surface area contributed by atoms with Crippen molar-refractivity contribution in [2.75, 3.05) is 6.61 Å². The van der Waals surface area contributed by atoms with Crippen LogP contribution in [0.1, 0.15) is 28.2 Å². The van der Waals surface area contributed by atoms with E-state index in [0.29, 0.717) is 12.0 Å². The first-order chi connectivity index (χ1) is 8.74. The predicted molar refractivity (Wildman–Crippen MR) is 73.6 cm³/mol. The van der Waals surface area contributed by atoms with E-state index >= 15 is 0 Å². The van der Waals surface area contributed by atoms with Crippen molar-refractivity contribution in [3.63, 3.8) is 0 Å². The highest BCUT2D eigenvalue weighted by atomic mass is 32.1. The van der Waals surface area contributed by atoms with Crippen molar-refractivity contribution >= 4 is 11.3 Å². The molecule has 0 amide bonds. The average Bonchev–Trinajstić information content (AvgIpc) is 2.85. The quantitative estimate of drug-likeness (QED) is 0.871. The standard InChI is InChI=1S/C15H17FOS/c1-2-12-7-8-13(18-12)9-11(10-17)14-5-3-4-6-15(14)16/h3-8,11,17H,2,9-10H2,1H3. The summed E-state index contributed by atoms with van der Waals surface area (Å²) in [7, 11) is 0. The maximum atomic E-state index is 13.7. The van der Waals surface area contributed by atoms with Crippen molar-refractivity contribution in [3.05, 3.63) is 57.5 Å². The summed E-state index contributed by atoms with van der Waals surface area (Å²) in [5.41, 5.74) is 0.603. The maximum absolute atomic E-state index is 13.7. The Hall–Kier alpha value is -1.19. The van der Waals surface area contributed by atoms with Crippen LogP contribution in [0.5, 0.6) is 0 Å². The second-order valence-electron chi connectivity index (χ2n) is 4.33. The predicted octanol–water partition coefficient (Wildman–Crippen LogP) is 3.77. The van der Waals surface area contributed by atoms with Crippen LogP contribution in [0.2, 0.25) is 0 Å². The number of hydrogen-bond acceptors (Lipinski definition) is 2. The molecule has 1 aromatic carbocycles. The summed E-state index contributed by atoms with van der Waals surface area (Å²) in [6.45, 7) is 2.09. The van der Waals surface area contributed by atoms with Gasteiger partial charge in [0, 0.05) is 15.7 Å². The second kappa shape index (κ2) is 6.12. The minimum absolute atomic E-state index is 0.0275. The molecule has 0 fully saturated rings. The van der Waals surface area contributed by atoms with Crippen LogP contribution in [0.3, 0.4) is 0 Å². The molecule has 96 valence electrons. The molecule has 0 aliphatic heterocycles. The Kier molecular flexibility index (Phi) is 4.50. The third-order valence-electron chi connectivity index (χ3n) is 3.08. The topological polar surface area (TPSA) is 20.2 Å². The zero-order valence-electron chi connectivity index (χ0n) is 10.4. The summed E-state index contributed by atoms with van der Waals surface area (Å²) in [6, 6.07) is 10.9. The van der Waals surface area contributed by atoms with E-state index in [2.05, 4.69) is 19.1 Å².